The van der Waals surface area contributed by atoms with Crippen molar-refractivity contribution in [1.82, 2.24) is 9.80 Å². The molecule has 2 aliphatic heterocycles. The summed E-state index contributed by atoms with van der Waals surface area (Å²) in [7, 11) is 2.26. The van der Waals surface area contributed by atoms with Gasteiger partial charge in [0.1, 0.15) is 0 Å². The highest BCUT2D eigenvalue weighted by Gasteiger charge is 2.25. The molecule has 0 N–H and O–H groups in total. The predicted octanol–water partition coefficient (Wildman–Crippen LogP) is 2.84. The summed E-state index contributed by atoms with van der Waals surface area (Å²) in [6.45, 7) is 10.0. The first-order chi connectivity index (χ1) is 8.15. The highest BCUT2D eigenvalue weighted by atomic mass is 15.1. The molecule has 2 heterocycles. The standard InChI is InChI=1S/C15H30N2/c1-13(2)17-10-6-15(7-11-17)12-14-4-8-16(3)9-5-14/h13-15H,4-12H2,1-3H3. The van der Waals surface area contributed by atoms with Crippen LogP contribution in [-0.4, -0.2) is 49.1 Å². The zero-order chi connectivity index (χ0) is 12.3. The van der Waals surface area contributed by atoms with Gasteiger partial charge in [-0.1, -0.05) is 0 Å². The van der Waals surface area contributed by atoms with Crippen LogP contribution in [0.2, 0.25) is 0 Å². The van der Waals surface area contributed by atoms with Crippen LogP contribution in [0.4, 0.5) is 0 Å². The van der Waals surface area contributed by atoms with Gasteiger partial charge >= 0.3 is 0 Å². The van der Waals surface area contributed by atoms with Gasteiger partial charge < -0.3 is 9.80 Å². The number of likely N-dealkylation sites (tertiary alicyclic amines) is 2. The van der Waals surface area contributed by atoms with Crippen molar-refractivity contribution in [3.05, 3.63) is 0 Å². The Morgan fingerprint density at radius 3 is 1.82 bits per heavy atom. The molecule has 2 nitrogen and oxygen atoms in total. The van der Waals surface area contributed by atoms with E-state index in [9.17, 15) is 0 Å². The lowest BCUT2D eigenvalue weighted by molar-refractivity contribution is 0.122. The van der Waals surface area contributed by atoms with Gasteiger partial charge in [0.15, 0.2) is 0 Å². The lowest BCUT2D eigenvalue weighted by Crippen LogP contribution is -2.39. The van der Waals surface area contributed by atoms with Gasteiger partial charge in [-0.05, 0) is 91.0 Å². The zero-order valence-electron chi connectivity index (χ0n) is 12.0. The van der Waals surface area contributed by atoms with E-state index in [4.69, 9.17) is 0 Å². The Kier molecular flexibility index (Phi) is 4.87. The Bertz CT molecular complexity index is 211. The van der Waals surface area contributed by atoms with Crippen molar-refractivity contribution < 1.29 is 0 Å². The van der Waals surface area contributed by atoms with Gasteiger partial charge in [0.2, 0.25) is 0 Å². The maximum Gasteiger partial charge on any atom is 0.00385 e. The Balaban J connectivity index is 1.67. The summed E-state index contributed by atoms with van der Waals surface area (Å²) in [6, 6.07) is 0.749. The van der Waals surface area contributed by atoms with Crippen molar-refractivity contribution in [2.24, 2.45) is 11.8 Å². The van der Waals surface area contributed by atoms with Crippen LogP contribution in [0.5, 0.6) is 0 Å². The van der Waals surface area contributed by atoms with Crippen molar-refractivity contribution in [2.45, 2.75) is 52.0 Å². The largest absolute Gasteiger partial charge is 0.306 e. The molecule has 0 amide bonds. The molecule has 2 rings (SSSR count). The molecule has 0 spiro atoms. The van der Waals surface area contributed by atoms with Crippen molar-refractivity contribution >= 4 is 0 Å². The fourth-order valence-electron chi connectivity index (χ4n) is 3.47. The lowest BCUT2D eigenvalue weighted by Gasteiger charge is -2.37. The van der Waals surface area contributed by atoms with Crippen LogP contribution in [0.25, 0.3) is 0 Å². The van der Waals surface area contributed by atoms with Crippen molar-refractivity contribution in [1.29, 1.82) is 0 Å². The summed E-state index contributed by atoms with van der Waals surface area (Å²) < 4.78 is 0. The van der Waals surface area contributed by atoms with Gasteiger partial charge in [-0.25, -0.2) is 0 Å². The molecule has 0 bridgehead atoms. The summed E-state index contributed by atoms with van der Waals surface area (Å²) in [5, 5.41) is 0. The molecule has 2 aliphatic rings. The molecule has 0 saturated carbocycles. The average molecular weight is 238 g/mol. The monoisotopic (exact) mass is 238 g/mol. The van der Waals surface area contributed by atoms with Crippen LogP contribution in [0, 0.1) is 11.8 Å². The summed E-state index contributed by atoms with van der Waals surface area (Å²) in [5.41, 5.74) is 0. The van der Waals surface area contributed by atoms with Crippen LogP contribution in [0.1, 0.15) is 46.0 Å². The molecule has 0 aromatic heterocycles. The average Bonchev–Trinajstić information content (AvgIpc) is 2.33. The van der Waals surface area contributed by atoms with Gasteiger partial charge in [-0.2, -0.15) is 0 Å². The molecule has 0 aliphatic carbocycles. The van der Waals surface area contributed by atoms with Gasteiger partial charge in [-0.15, -0.1) is 0 Å². The Morgan fingerprint density at radius 1 is 0.882 bits per heavy atom. The van der Waals surface area contributed by atoms with Crippen LogP contribution in [0.15, 0.2) is 0 Å². The minimum Gasteiger partial charge on any atom is -0.306 e. The van der Waals surface area contributed by atoms with E-state index in [0.29, 0.717) is 0 Å². The first-order valence-corrected chi connectivity index (χ1v) is 7.57. The third-order valence-electron chi connectivity index (χ3n) is 4.88. The third-order valence-corrected chi connectivity index (χ3v) is 4.88. The normalized spacial score (nSPS) is 26.8. The van der Waals surface area contributed by atoms with Crippen LogP contribution < -0.4 is 0 Å². The smallest absolute Gasteiger partial charge is 0.00385 e. The van der Waals surface area contributed by atoms with E-state index in [-0.39, 0.29) is 0 Å². The summed E-state index contributed by atoms with van der Waals surface area (Å²) in [5.74, 6) is 2.06. The van der Waals surface area contributed by atoms with E-state index < -0.39 is 0 Å². The van der Waals surface area contributed by atoms with Gasteiger partial charge in [0.25, 0.3) is 0 Å². The molecule has 0 aromatic rings. The summed E-state index contributed by atoms with van der Waals surface area (Å²) in [6.07, 6.45) is 7.30. The minimum atomic E-state index is 0.749. The molecule has 2 saturated heterocycles. The first-order valence-electron chi connectivity index (χ1n) is 7.57. The zero-order valence-corrected chi connectivity index (χ0v) is 12.0. The van der Waals surface area contributed by atoms with E-state index in [0.717, 1.165) is 17.9 Å². The van der Waals surface area contributed by atoms with Crippen molar-refractivity contribution in [3.63, 3.8) is 0 Å². The van der Waals surface area contributed by atoms with Crippen LogP contribution >= 0.6 is 0 Å². The number of piperidine rings is 2. The summed E-state index contributed by atoms with van der Waals surface area (Å²) in [4.78, 5) is 5.13. The van der Waals surface area contributed by atoms with Gasteiger partial charge in [0, 0.05) is 6.04 Å². The minimum absolute atomic E-state index is 0.749. The number of rotatable bonds is 3. The highest BCUT2D eigenvalue weighted by molar-refractivity contribution is 4.78. The molecule has 2 fully saturated rings. The molecule has 0 unspecified atom stereocenters. The van der Waals surface area contributed by atoms with Crippen molar-refractivity contribution in [3.8, 4) is 0 Å². The Morgan fingerprint density at radius 2 is 1.35 bits per heavy atom. The maximum absolute atomic E-state index is 2.64. The third kappa shape index (κ3) is 3.96. The molecule has 0 aromatic carbocycles. The van der Waals surface area contributed by atoms with E-state index in [1.165, 1.54) is 58.3 Å². The molecule has 0 atom stereocenters. The van der Waals surface area contributed by atoms with Crippen LogP contribution in [0.3, 0.4) is 0 Å². The molecule has 0 radical (unpaired) electrons. The molecule has 2 heteroatoms. The molecular weight excluding hydrogens is 208 g/mol. The Labute approximate surface area is 107 Å². The highest BCUT2D eigenvalue weighted by Crippen LogP contribution is 2.29. The van der Waals surface area contributed by atoms with Gasteiger partial charge in [-0.3, -0.25) is 0 Å². The molecule has 17 heavy (non-hydrogen) atoms. The number of hydrogen-bond donors (Lipinski definition) is 0. The van der Waals surface area contributed by atoms with E-state index in [2.05, 4.69) is 30.7 Å². The molecule has 100 valence electrons. The fourth-order valence-corrected chi connectivity index (χ4v) is 3.47. The number of hydrogen-bond acceptors (Lipinski definition) is 2. The van der Waals surface area contributed by atoms with E-state index >= 15 is 0 Å². The van der Waals surface area contributed by atoms with E-state index in [1.807, 2.05) is 0 Å². The fraction of sp³-hybridized carbons (Fsp3) is 1.00. The van der Waals surface area contributed by atoms with Gasteiger partial charge in [0.05, 0.1) is 0 Å². The van der Waals surface area contributed by atoms with E-state index in [1.54, 1.807) is 0 Å². The van der Waals surface area contributed by atoms with Crippen LogP contribution in [-0.2, 0) is 0 Å². The maximum atomic E-state index is 2.64. The van der Waals surface area contributed by atoms with Crippen molar-refractivity contribution in [2.75, 3.05) is 33.2 Å². The second kappa shape index (κ2) is 6.19. The lowest BCUT2D eigenvalue weighted by atomic mass is 9.83. The Hall–Kier alpha value is -0.0800. The second-order valence-electron chi connectivity index (χ2n) is 6.56. The SMILES string of the molecule is CC(C)N1CCC(CC2CCN(C)CC2)CC1. The topological polar surface area (TPSA) is 6.48 Å². The summed E-state index contributed by atoms with van der Waals surface area (Å²) >= 11 is 0. The number of nitrogens with zero attached hydrogens (tertiary/aromatic N) is 2. The second-order valence-corrected chi connectivity index (χ2v) is 6.56. The predicted molar refractivity (Wildman–Crippen MR) is 74.3 cm³/mol. The molecular formula is C15H30N2. The quantitative estimate of drug-likeness (QED) is 0.746. The first kappa shape index (κ1) is 13.4.